The summed E-state index contributed by atoms with van der Waals surface area (Å²) in [6, 6.07) is 0.695. The summed E-state index contributed by atoms with van der Waals surface area (Å²) in [6.07, 6.45) is 8.79. The standard InChI is InChI=1S/C11H17N3.ClH/c1-2-4-10(3-1)14-8-9-7-12-6-5-11(9)13-14;/h8,10,12H,1-7H2;1H. The molecule has 3 nitrogen and oxygen atoms in total. The highest BCUT2D eigenvalue weighted by Gasteiger charge is 2.20. The number of halogens is 1. The first-order valence-electron chi connectivity index (χ1n) is 5.71. The van der Waals surface area contributed by atoms with Crippen LogP contribution in [0, 0.1) is 0 Å². The van der Waals surface area contributed by atoms with Crippen LogP contribution >= 0.6 is 12.4 Å². The molecule has 0 unspecified atom stereocenters. The SMILES string of the molecule is Cl.c1c2c(nn1C1CCCC1)CCNC2. The average Bonchev–Trinajstić information content (AvgIpc) is 2.86. The van der Waals surface area contributed by atoms with Crippen LogP contribution in [-0.2, 0) is 13.0 Å². The first kappa shape index (κ1) is 11.0. The number of hydrogen-bond donors (Lipinski definition) is 1. The zero-order valence-electron chi connectivity index (χ0n) is 8.91. The van der Waals surface area contributed by atoms with E-state index in [1.807, 2.05) is 0 Å². The maximum atomic E-state index is 4.71. The van der Waals surface area contributed by atoms with Gasteiger partial charge in [-0.2, -0.15) is 5.10 Å². The van der Waals surface area contributed by atoms with Crippen LogP contribution in [0.5, 0.6) is 0 Å². The van der Waals surface area contributed by atoms with Gasteiger partial charge in [0, 0.05) is 31.3 Å². The van der Waals surface area contributed by atoms with E-state index in [9.17, 15) is 0 Å². The van der Waals surface area contributed by atoms with E-state index in [4.69, 9.17) is 5.10 Å². The molecular formula is C11H18ClN3. The van der Waals surface area contributed by atoms with E-state index < -0.39 is 0 Å². The lowest BCUT2D eigenvalue weighted by molar-refractivity contribution is 0.463. The highest BCUT2D eigenvalue weighted by molar-refractivity contribution is 5.85. The molecule has 0 radical (unpaired) electrons. The van der Waals surface area contributed by atoms with Crippen LogP contribution in [0.15, 0.2) is 6.20 Å². The number of nitrogens with one attached hydrogen (secondary N) is 1. The molecule has 0 atom stereocenters. The Labute approximate surface area is 96.6 Å². The van der Waals surface area contributed by atoms with Crippen molar-refractivity contribution < 1.29 is 0 Å². The molecule has 0 bridgehead atoms. The average molecular weight is 228 g/mol. The van der Waals surface area contributed by atoms with E-state index in [-0.39, 0.29) is 12.4 Å². The Hall–Kier alpha value is -0.540. The van der Waals surface area contributed by atoms with E-state index in [0.717, 1.165) is 19.5 Å². The van der Waals surface area contributed by atoms with Crippen molar-refractivity contribution in [2.75, 3.05) is 6.54 Å². The second-order valence-corrected chi connectivity index (χ2v) is 4.45. The molecule has 1 aliphatic carbocycles. The number of rotatable bonds is 1. The molecule has 0 saturated heterocycles. The lowest BCUT2D eigenvalue weighted by atomic mass is 10.1. The van der Waals surface area contributed by atoms with Crippen molar-refractivity contribution >= 4 is 12.4 Å². The van der Waals surface area contributed by atoms with Crippen molar-refractivity contribution in [3.63, 3.8) is 0 Å². The Kier molecular flexibility index (Phi) is 3.32. The summed E-state index contributed by atoms with van der Waals surface area (Å²) < 4.78 is 2.23. The van der Waals surface area contributed by atoms with E-state index >= 15 is 0 Å². The topological polar surface area (TPSA) is 29.9 Å². The molecule has 1 N–H and O–H groups in total. The molecule has 2 aliphatic rings. The summed E-state index contributed by atoms with van der Waals surface area (Å²) in [6.45, 7) is 2.11. The zero-order chi connectivity index (χ0) is 9.38. The third-order valence-electron chi connectivity index (χ3n) is 3.45. The van der Waals surface area contributed by atoms with Gasteiger partial charge in [-0.15, -0.1) is 12.4 Å². The molecule has 0 spiro atoms. The van der Waals surface area contributed by atoms with Crippen molar-refractivity contribution in [3.05, 3.63) is 17.5 Å². The van der Waals surface area contributed by atoms with Gasteiger partial charge in [0.2, 0.25) is 0 Å². The fourth-order valence-electron chi connectivity index (χ4n) is 2.61. The van der Waals surface area contributed by atoms with Gasteiger partial charge in [0.1, 0.15) is 0 Å². The molecule has 0 amide bonds. The van der Waals surface area contributed by atoms with Gasteiger partial charge in [0.25, 0.3) is 0 Å². The molecule has 1 aliphatic heterocycles. The Balaban J connectivity index is 0.000000853. The van der Waals surface area contributed by atoms with Gasteiger partial charge in [-0.1, -0.05) is 12.8 Å². The predicted octanol–water partition coefficient (Wildman–Crippen LogP) is 2.07. The smallest absolute Gasteiger partial charge is 0.0682 e. The van der Waals surface area contributed by atoms with Crippen LogP contribution in [0.3, 0.4) is 0 Å². The number of nitrogens with zero attached hydrogens (tertiary/aromatic N) is 2. The highest BCUT2D eigenvalue weighted by atomic mass is 35.5. The summed E-state index contributed by atoms with van der Waals surface area (Å²) in [5, 5.41) is 8.10. The molecule has 1 saturated carbocycles. The minimum Gasteiger partial charge on any atom is -0.312 e. The van der Waals surface area contributed by atoms with Gasteiger partial charge >= 0.3 is 0 Å². The molecule has 84 valence electrons. The minimum absolute atomic E-state index is 0. The molecule has 0 aromatic carbocycles. The Bertz CT molecular complexity index is 305. The van der Waals surface area contributed by atoms with Crippen LogP contribution in [0.25, 0.3) is 0 Å². The van der Waals surface area contributed by atoms with Crippen molar-refractivity contribution in [1.29, 1.82) is 0 Å². The quantitative estimate of drug-likeness (QED) is 0.796. The molecule has 15 heavy (non-hydrogen) atoms. The highest BCUT2D eigenvalue weighted by Crippen LogP contribution is 2.29. The van der Waals surface area contributed by atoms with Gasteiger partial charge in [-0.3, -0.25) is 4.68 Å². The maximum absolute atomic E-state index is 4.71. The molecule has 1 aromatic rings. The minimum atomic E-state index is 0. The van der Waals surface area contributed by atoms with Crippen molar-refractivity contribution in [1.82, 2.24) is 15.1 Å². The largest absolute Gasteiger partial charge is 0.312 e. The van der Waals surface area contributed by atoms with Crippen LogP contribution in [-0.4, -0.2) is 16.3 Å². The Morgan fingerprint density at radius 2 is 2.13 bits per heavy atom. The molecule has 4 heteroatoms. The van der Waals surface area contributed by atoms with E-state index in [0.29, 0.717) is 6.04 Å². The summed E-state index contributed by atoms with van der Waals surface area (Å²) >= 11 is 0. The van der Waals surface area contributed by atoms with E-state index in [1.165, 1.54) is 36.9 Å². The normalized spacial score (nSPS) is 21.1. The summed E-state index contributed by atoms with van der Waals surface area (Å²) in [5.41, 5.74) is 2.75. The third-order valence-corrected chi connectivity index (χ3v) is 3.45. The summed E-state index contributed by atoms with van der Waals surface area (Å²) in [5.74, 6) is 0. The maximum Gasteiger partial charge on any atom is 0.0682 e. The van der Waals surface area contributed by atoms with Crippen molar-refractivity contribution in [2.45, 2.75) is 44.7 Å². The first-order valence-corrected chi connectivity index (χ1v) is 5.71. The molecule has 1 aromatic heterocycles. The van der Waals surface area contributed by atoms with Crippen LogP contribution in [0.2, 0.25) is 0 Å². The molecular weight excluding hydrogens is 210 g/mol. The monoisotopic (exact) mass is 227 g/mol. The second kappa shape index (κ2) is 4.54. The van der Waals surface area contributed by atoms with Gasteiger partial charge in [0.15, 0.2) is 0 Å². The van der Waals surface area contributed by atoms with Crippen molar-refractivity contribution in [3.8, 4) is 0 Å². The molecule has 1 fully saturated rings. The lowest BCUT2D eigenvalue weighted by Gasteiger charge is -2.09. The first-order chi connectivity index (χ1) is 6.93. The van der Waals surface area contributed by atoms with Crippen LogP contribution < -0.4 is 5.32 Å². The van der Waals surface area contributed by atoms with Gasteiger partial charge in [-0.05, 0) is 12.8 Å². The van der Waals surface area contributed by atoms with Gasteiger partial charge in [0.05, 0.1) is 11.7 Å². The van der Waals surface area contributed by atoms with Gasteiger partial charge < -0.3 is 5.32 Å². The number of aromatic nitrogens is 2. The number of hydrogen-bond acceptors (Lipinski definition) is 2. The fraction of sp³-hybridized carbons (Fsp3) is 0.727. The fourth-order valence-corrected chi connectivity index (χ4v) is 2.61. The Morgan fingerprint density at radius 3 is 2.87 bits per heavy atom. The second-order valence-electron chi connectivity index (χ2n) is 4.45. The van der Waals surface area contributed by atoms with Gasteiger partial charge in [-0.25, -0.2) is 0 Å². The molecule has 3 rings (SSSR count). The number of fused-ring (bicyclic) bond motifs is 1. The lowest BCUT2D eigenvalue weighted by Crippen LogP contribution is -2.22. The van der Waals surface area contributed by atoms with E-state index in [1.54, 1.807) is 0 Å². The van der Waals surface area contributed by atoms with E-state index in [2.05, 4.69) is 16.2 Å². The van der Waals surface area contributed by atoms with Crippen LogP contribution in [0.4, 0.5) is 0 Å². The summed E-state index contributed by atoms with van der Waals surface area (Å²) in [7, 11) is 0. The molecule has 2 heterocycles. The summed E-state index contributed by atoms with van der Waals surface area (Å²) in [4.78, 5) is 0. The van der Waals surface area contributed by atoms with Crippen LogP contribution in [0.1, 0.15) is 43.0 Å². The van der Waals surface area contributed by atoms with Crippen molar-refractivity contribution in [2.24, 2.45) is 0 Å². The Morgan fingerprint density at radius 1 is 1.33 bits per heavy atom. The third kappa shape index (κ3) is 2.04. The zero-order valence-corrected chi connectivity index (χ0v) is 9.72. The predicted molar refractivity (Wildman–Crippen MR) is 62.4 cm³/mol.